The molecule has 2 fully saturated rings. The molecule has 2 saturated heterocycles. The molecule has 0 radical (unpaired) electrons. The molecule has 0 bridgehead atoms. The van der Waals surface area contributed by atoms with Crippen molar-refractivity contribution in [2.45, 2.75) is 37.8 Å². The van der Waals surface area contributed by atoms with E-state index in [4.69, 9.17) is 10.5 Å². The first-order valence-corrected chi connectivity index (χ1v) is 8.13. The number of nitrogens with two attached hydrogens (primary N) is 1. The Hall–Kier alpha value is -1.92. The minimum absolute atomic E-state index is 0.125. The molecule has 23 heavy (non-hydrogen) atoms. The third-order valence-electron chi connectivity index (χ3n) is 4.61. The van der Waals surface area contributed by atoms with Gasteiger partial charge in [0.1, 0.15) is 0 Å². The lowest BCUT2D eigenvalue weighted by molar-refractivity contribution is -0.129. The normalized spacial score (nSPS) is 20.6. The fourth-order valence-electron chi connectivity index (χ4n) is 3.04. The number of hydrogen-bond acceptors (Lipinski definition) is 4. The number of nitrogens with one attached hydrogen (secondary N) is 1. The highest BCUT2D eigenvalue weighted by molar-refractivity contribution is 5.95. The number of hydrogen-bond donors (Lipinski definition) is 2. The van der Waals surface area contributed by atoms with Crippen LogP contribution in [0.5, 0.6) is 0 Å². The average Bonchev–Trinajstić information content (AvgIpc) is 3.00. The molecule has 124 valence electrons. The molecule has 1 aromatic carbocycles. The van der Waals surface area contributed by atoms with Gasteiger partial charge in [0.25, 0.3) is 0 Å². The molecule has 6 nitrogen and oxygen atoms in total. The van der Waals surface area contributed by atoms with Gasteiger partial charge in [0.15, 0.2) is 0 Å². The van der Waals surface area contributed by atoms with Crippen molar-refractivity contribution in [1.29, 1.82) is 0 Å². The third kappa shape index (κ3) is 3.54. The second-order valence-electron chi connectivity index (χ2n) is 6.27. The summed E-state index contributed by atoms with van der Waals surface area (Å²) in [6, 6.07) is 7.73. The smallest absolute Gasteiger partial charge is 0.240 e. The van der Waals surface area contributed by atoms with Crippen LogP contribution in [0.15, 0.2) is 24.3 Å². The molecule has 1 aromatic rings. The summed E-state index contributed by atoms with van der Waals surface area (Å²) in [5.74, 6) is 0.0511. The van der Waals surface area contributed by atoms with Gasteiger partial charge in [-0.3, -0.25) is 9.59 Å². The summed E-state index contributed by atoms with van der Waals surface area (Å²) >= 11 is 0. The quantitative estimate of drug-likeness (QED) is 0.865. The Labute approximate surface area is 136 Å². The van der Waals surface area contributed by atoms with E-state index in [1.165, 1.54) is 0 Å². The predicted molar refractivity (Wildman–Crippen MR) is 86.8 cm³/mol. The van der Waals surface area contributed by atoms with Crippen molar-refractivity contribution in [3.05, 3.63) is 29.8 Å². The molecule has 2 aliphatic heterocycles. The molecule has 3 rings (SSSR count). The van der Waals surface area contributed by atoms with Crippen molar-refractivity contribution in [2.24, 2.45) is 5.73 Å². The van der Waals surface area contributed by atoms with Gasteiger partial charge < -0.3 is 20.7 Å². The Balaban J connectivity index is 1.56. The molecule has 3 N–H and O–H groups in total. The molecule has 0 aromatic heterocycles. The largest absolute Gasteiger partial charge is 0.381 e. The van der Waals surface area contributed by atoms with E-state index in [0.29, 0.717) is 39.0 Å². The lowest BCUT2D eigenvalue weighted by atomic mass is 9.90. The van der Waals surface area contributed by atoms with E-state index in [2.05, 4.69) is 5.32 Å². The van der Waals surface area contributed by atoms with Crippen molar-refractivity contribution < 1.29 is 14.3 Å². The fraction of sp³-hybridized carbons (Fsp3) is 0.529. The Kier molecular flexibility index (Phi) is 4.63. The SMILES string of the molecule is NC1(C(=O)NCc2ccc(N3CCCC3=O)cc2)CCOCC1. The van der Waals surface area contributed by atoms with Gasteiger partial charge in [0, 0.05) is 38.4 Å². The van der Waals surface area contributed by atoms with Crippen LogP contribution in [0, 0.1) is 0 Å². The van der Waals surface area contributed by atoms with Crippen LogP contribution in [-0.2, 0) is 20.9 Å². The molecule has 0 unspecified atom stereocenters. The summed E-state index contributed by atoms with van der Waals surface area (Å²) < 4.78 is 5.26. The maximum Gasteiger partial charge on any atom is 0.240 e. The zero-order valence-electron chi connectivity index (χ0n) is 13.2. The van der Waals surface area contributed by atoms with E-state index >= 15 is 0 Å². The van der Waals surface area contributed by atoms with Gasteiger partial charge in [-0.15, -0.1) is 0 Å². The van der Waals surface area contributed by atoms with E-state index in [1.54, 1.807) is 4.90 Å². The van der Waals surface area contributed by atoms with Gasteiger partial charge in [-0.05, 0) is 37.0 Å². The van der Waals surface area contributed by atoms with Crippen LogP contribution < -0.4 is 16.0 Å². The van der Waals surface area contributed by atoms with Gasteiger partial charge >= 0.3 is 0 Å². The maximum absolute atomic E-state index is 12.3. The molecule has 6 heteroatoms. The van der Waals surface area contributed by atoms with E-state index < -0.39 is 5.54 Å². The summed E-state index contributed by atoms with van der Waals surface area (Å²) in [6.07, 6.45) is 2.64. The number of ether oxygens (including phenoxy) is 1. The number of anilines is 1. The Morgan fingerprint density at radius 2 is 1.96 bits per heavy atom. The van der Waals surface area contributed by atoms with E-state index in [1.807, 2.05) is 24.3 Å². The number of rotatable bonds is 4. The third-order valence-corrected chi connectivity index (χ3v) is 4.61. The summed E-state index contributed by atoms with van der Waals surface area (Å²) in [4.78, 5) is 25.8. The monoisotopic (exact) mass is 317 g/mol. The van der Waals surface area contributed by atoms with Crippen molar-refractivity contribution in [2.75, 3.05) is 24.7 Å². The molecule has 2 heterocycles. The van der Waals surface area contributed by atoms with Crippen molar-refractivity contribution in [3.8, 4) is 0 Å². The number of carbonyl (C=O) groups excluding carboxylic acids is 2. The average molecular weight is 317 g/mol. The Morgan fingerprint density at radius 3 is 2.57 bits per heavy atom. The highest BCUT2D eigenvalue weighted by atomic mass is 16.5. The number of amides is 2. The zero-order valence-corrected chi connectivity index (χ0v) is 13.2. The first kappa shape index (κ1) is 16.0. The second-order valence-corrected chi connectivity index (χ2v) is 6.27. The number of benzene rings is 1. The van der Waals surface area contributed by atoms with Crippen molar-refractivity contribution in [3.63, 3.8) is 0 Å². The summed E-state index contributed by atoms with van der Waals surface area (Å²) in [5, 5.41) is 2.91. The van der Waals surface area contributed by atoms with Gasteiger partial charge in [-0.1, -0.05) is 12.1 Å². The molecular weight excluding hydrogens is 294 g/mol. The Bertz CT molecular complexity index is 579. The molecule has 2 amide bonds. The van der Waals surface area contributed by atoms with Gasteiger partial charge in [0.05, 0.1) is 5.54 Å². The predicted octanol–water partition coefficient (Wildman–Crippen LogP) is 0.937. The van der Waals surface area contributed by atoms with Crippen LogP contribution in [0.25, 0.3) is 0 Å². The van der Waals surface area contributed by atoms with Gasteiger partial charge in [0.2, 0.25) is 11.8 Å². The fourth-order valence-corrected chi connectivity index (χ4v) is 3.04. The maximum atomic E-state index is 12.3. The van der Waals surface area contributed by atoms with E-state index in [9.17, 15) is 9.59 Å². The van der Waals surface area contributed by atoms with Crippen molar-refractivity contribution >= 4 is 17.5 Å². The first-order chi connectivity index (χ1) is 11.1. The second kappa shape index (κ2) is 6.68. The van der Waals surface area contributed by atoms with Crippen LogP contribution in [0.1, 0.15) is 31.2 Å². The lowest BCUT2D eigenvalue weighted by Crippen LogP contribution is -2.56. The first-order valence-electron chi connectivity index (χ1n) is 8.13. The van der Waals surface area contributed by atoms with Gasteiger partial charge in [-0.2, -0.15) is 0 Å². The van der Waals surface area contributed by atoms with E-state index in [-0.39, 0.29) is 11.8 Å². The summed E-state index contributed by atoms with van der Waals surface area (Å²) in [7, 11) is 0. The lowest BCUT2D eigenvalue weighted by Gasteiger charge is -2.31. The molecule has 0 saturated carbocycles. The van der Waals surface area contributed by atoms with Crippen LogP contribution in [-0.4, -0.2) is 37.1 Å². The van der Waals surface area contributed by atoms with Crippen LogP contribution in [0.4, 0.5) is 5.69 Å². The van der Waals surface area contributed by atoms with E-state index in [0.717, 1.165) is 24.2 Å². The van der Waals surface area contributed by atoms with Crippen LogP contribution >= 0.6 is 0 Å². The molecule has 2 aliphatic rings. The minimum Gasteiger partial charge on any atom is -0.381 e. The summed E-state index contributed by atoms with van der Waals surface area (Å²) in [5.41, 5.74) is 7.24. The molecule has 0 spiro atoms. The zero-order chi connectivity index (χ0) is 16.3. The number of nitrogens with zero attached hydrogens (tertiary/aromatic N) is 1. The van der Waals surface area contributed by atoms with Gasteiger partial charge in [-0.25, -0.2) is 0 Å². The Morgan fingerprint density at radius 1 is 1.26 bits per heavy atom. The minimum atomic E-state index is -0.819. The highest BCUT2D eigenvalue weighted by Crippen LogP contribution is 2.22. The van der Waals surface area contributed by atoms with Crippen LogP contribution in [0.2, 0.25) is 0 Å². The standard InChI is InChI=1S/C17H23N3O3/c18-17(7-10-23-11-8-17)16(22)19-12-13-3-5-14(6-4-13)20-9-1-2-15(20)21/h3-6H,1-2,7-12,18H2,(H,19,22). The summed E-state index contributed by atoms with van der Waals surface area (Å²) in [6.45, 7) is 2.28. The number of carbonyl (C=O) groups is 2. The van der Waals surface area contributed by atoms with Crippen molar-refractivity contribution in [1.82, 2.24) is 5.32 Å². The highest BCUT2D eigenvalue weighted by Gasteiger charge is 2.35. The topological polar surface area (TPSA) is 84.7 Å². The van der Waals surface area contributed by atoms with Crippen LogP contribution in [0.3, 0.4) is 0 Å². The molecule has 0 aliphatic carbocycles. The molecular formula is C17H23N3O3. The molecule has 0 atom stereocenters.